The molecule has 0 atom stereocenters. The van der Waals surface area contributed by atoms with E-state index >= 15 is 0 Å². The molecular weight excluding hydrogens is 290 g/mol. The Kier molecular flexibility index (Phi) is 3.48. The number of nitrogens with zero attached hydrogens (tertiary/aromatic N) is 3. The molecule has 0 bridgehead atoms. The van der Waals surface area contributed by atoms with Gasteiger partial charge in [-0.2, -0.15) is 8.78 Å². The molecule has 22 heavy (non-hydrogen) atoms. The van der Waals surface area contributed by atoms with Gasteiger partial charge < -0.3 is 9.72 Å². The van der Waals surface area contributed by atoms with E-state index in [1.165, 1.54) is 6.07 Å². The van der Waals surface area contributed by atoms with Gasteiger partial charge in [-0.05, 0) is 44.5 Å². The Bertz CT molecular complexity index is 806. The fourth-order valence-electron chi connectivity index (χ4n) is 2.15. The topological polar surface area (TPSA) is 63.7 Å². The van der Waals surface area contributed by atoms with Gasteiger partial charge in [-0.15, -0.1) is 0 Å². The summed E-state index contributed by atoms with van der Waals surface area (Å²) in [5.74, 6) is 0.333. The number of ether oxygens (including phenoxy) is 1. The van der Waals surface area contributed by atoms with Crippen LogP contribution in [0.5, 0.6) is 5.75 Å². The molecule has 0 amide bonds. The summed E-state index contributed by atoms with van der Waals surface area (Å²) in [6, 6.07) is 4.98. The first-order valence-electron chi connectivity index (χ1n) is 6.71. The zero-order chi connectivity index (χ0) is 15.9. The minimum atomic E-state index is -2.92. The fraction of sp³-hybridized carbons (Fsp3) is 0.267. The summed E-state index contributed by atoms with van der Waals surface area (Å²) in [7, 11) is 0. The molecule has 0 aromatic carbocycles. The molecule has 3 heterocycles. The van der Waals surface area contributed by atoms with E-state index in [2.05, 4.69) is 24.7 Å². The number of imidazole rings is 1. The van der Waals surface area contributed by atoms with Gasteiger partial charge in [0.15, 0.2) is 17.2 Å². The van der Waals surface area contributed by atoms with Gasteiger partial charge in [0.2, 0.25) is 0 Å². The SMILES string of the molecule is Cc1ccc(OC(F)F)c(-c2nc3nc(C)c(C)cc3[nH]2)n1. The van der Waals surface area contributed by atoms with Crippen LogP contribution in [0.3, 0.4) is 0 Å². The molecular formula is C15H14F2N4O. The van der Waals surface area contributed by atoms with Crippen LogP contribution in [0.15, 0.2) is 18.2 Å². The maximum atomic E-state index is 12.5. The van der Waals surface area contributed by atoms with E-state index in [-0.39, 0.29) is 11.4 Å². The Balaban J connectivity index is 2.16. The number of rotatable bonds is 3. The summed E-state index contributed by atoms with van der Waals surface area (Å²) >= 11 is 0. The van der Waals surface area contributed by atoms with Crippen molar-refractivity contribution in [3.63, 3.8) is 0 Å². The quantitative estimate of drug-likeness (QED) is 0.803. The van der Waals surface area contributed by atoms with Gasteiger partial charge in [0.25, 0.3) is 0 Å². The van der Waals surface area contributed by atoms with Gasteiger partial charge in [-0.1, -0.05) is 0 Å². The number of alkyl halides is 2. The largest absolute Gasteiger partial charge is 0.432 e. The Morgan fingerprint density at radius 2 is 1.86 bits per heavy atom. The molecule has 0 saturated heterocycles. The van der Waals surface area contributed by atoms with Crippen LogP contribution in [-0.4, -0.2) is 26.5 Å². The molecule has 0 aliphatic rings. The number of hydrogen-bond acceptors (Lipinski definition) is 4. The van der Waals surface area contributed by atoms with Crippen molar-refractivity contribution in [2.75, 3.05) is 0 Å². The van der Waals surface area contributed by atoms with E-state index in [4.69, 9.17) is 0 Å². The minimum Gasteiger partial charge on any atom is -0.432 e. The summed E-state index contributed by atoms with van der Waals surface area (Å²) in [6.07, 6.45) is 0. The van der Waals surface area contributed by atoms with Crippen LogP contribution >= 0.6 is 0 Å². The summed E-state index contributed by atoms with van der Waals surface area (Å²) in [5.41, 5.74) is 4.05. The first-order chi connectivity index (χ1) is 10.4. The van der Waals surface area contributed by atoms with E-state index in [1.54, 1.807) is 13.0 Å². The van der Waals surface area contributed by atoms with Crippen molar-refractivity contribution >= 4 is 11.2 Å². The van der Waals surface area contributed by atoms with Crippen molar-refractivity contribution in [2.24, 2.45) is 0 Å². The second-order valence-electron chi connectivity index (χ2n) is 5.03. The number of halogens is 2. The summed E-state index contributed by atoms with van der Waals surface area (Å²) in [5, 5.41) is 0. The highest BCUT2D eigenvalue weighted by Gasteiger charge is 2.17. The summed E-state index contributed by atoms with van der Waals surface area (Å²) in [6.45, 7) is 2.68. The maximum Gasteiger partial charge on any atom is 0.387 e. The normalized spacial score (nSPS) is 11.4. The second kappa shape index (κ2) is 5.32. The Labute approximate surface area is 125 Å². The van der Waals surface area contributed by atoms with E-state index in [0.29, 0.717) is 17.2 Å². The van der Waals surface area contributed by atoms with Gasteiger partial charge in [-0.25, -0.2) is 15.0 Å². The molecule has 0 aliphatic carbocycles. The third-order valence-corrected chi connectivity index (χ3v) is 3.35. The van der Waals surface area contributed by atoms with Crippen LogP contribution in [0.2, 0.25) is 0 Å². The van der Waals surface area contributed by atoms with Crippen molar-refractivity contribution in [3.05, 3.63) is 35.2 Å². The maximum absolute atomic E-state index is 12.5. The van der Waals surface area contributed by atoms with Gasteiger partial charge in [0, 0.05) is 11.4 Å². The molecule has 3 rings (SSSR count). The number of fused-ring (bicyclic) bond motifs is 1. The first-order valence-corrected chi connectivity index (χ1v) is 6.71. The fourth-order valence-corrected chi connectivity index (χ4v) is 2.15. The lowest BCUT2D eigenvalue weighted by molar-refractivity contribution is -0.0496. The van der Waals surface area contributed by atoms with E-state index in [1.807, 2.05) is 19.9 Å². The van der Waals surface area contributed by atoms with E-state index in [0.717, 1.165) is 16.8 Å². The zero-order valence-electron chi connectivity index (χ0n) is 12.3. The molecule has 3 aromatic rings. The number of aryl methyl sites for hydroxylation is 3. The number of pyridine rings is 2. The molecule has 5 nitrogen and oxygen atoms in total. The molecule has 1 N–H and O–H groups in total. The van der Waals surface area contributed by atoms with Gasteiger partial charge in [-0.3, -0.25) is 0 Å². The number of nitrogens with one attached hydrogen (secondary N) is 1. The molecule has 7 heteroatoms. The average Bonchev–Trinajstić information content (AvgIpc) is 2.83. The molecule has 0 fully saturated rings. The van der Waals surface area contributed by atoms with Gasteiger partial charge >= 0.3 is 6.61 Å². The highest BCUT2D eigenvalue weighted by atomic mass is 19.3. The van der Waals surface area contributed by atoms with E-state index in [9.17, 15) is 8.78 Å². The van der Waals surface area contributed by atoms with Gasteiger partial charge in [0.05, 0.1) is 5.52 Å². The van der Waals surface area contributed by atoms with Crippen LogP contribution in [0.4, 0.5) is 8.78 Å². The Morgan fingerprint density at radius 1 is 1.09 bits per heavy atom. The lowest BCUT2D eigenvalue weighted by Crippen LogP contribution is -2.05. The zero-order valence-corrected chi connectivity index (χ0v) is 12.3. The second-order valence-corrected chi connectivity index (χ2v) is 5.03. The van der Waals surface area contributed by atoms with Crippen molar-refractivity contribution in [1.29, 1.82) is 0 Å². The van der Waals surface area contributed by atoms with Crippen LogP contribution in [0.1, 0.15) is 17.0 Å². The first kappa shape index (κ1) is 14.4. The minimum absolute atomic E-state index is 0.0203. The summed E-state index contributed by atoms with van der Waals surface area (Å²) in [4.78, 5) is 16.0. The Morgan fingerprint density at radius 3 is 2.59 bits per heavy atom. The number of aromatic amines is 1. The smallest absolute Gasteiger partial charge is 0.387 e. The van der Waals surface area contributed by atoms with Crippen LogP contribution in [0, 0.1) is 20.8 Å². The lowest BCUT2D eigenvalue weighted by atomic mass is 10.2. The van der Waals surface area contributed by atoms with Crippen molar-refractivity contribution < 1.29 is 13.5 Å². The molecule has 0 unspecified atom stereocenters. The standard InChI is InChI=1S/C15H14F2N4O/c1-7-6-10-13(19-9(7)3)21-14(20-10)12-11(22-15(16)17)5-4-8(2)18-12/h4-6,15H,1-3H3,(H,19,20,21). The predicted molar refractivity (Wildman–Crippen MR) is 78.0 cm³/mol. The van der Waals surface area contributed by atoms with Crippen LogP contribution < -0.4 is 4.74 Å². The number of H-pyrrole nitrogens is 1. The van der Waals surface area contributed by atoms with Crippen molar-refractivity contribution in [2.45, 2.75) is 27.4 Å². The summed E-state index contributed by atoms with van der Waals surface area (Å²) < 4.78 is 29.6. The predicted octanol–water partition coefficient (Wildman–Crippen LogP) is 3.55. The average molecular weight is 304 g/mol. The van der Waals surface area contributed by atoms with Crippen LogP contribution in [-0.2, 0) is 0 Å². The van der Waals surface area contributed by atoms with Crippen molar-refractivity contribution in [3.8, 4) is 17.3 Å². The number of hydrogen-bond donors (Lipinski definition) is 1. The Hall–Kier alpha value is -2.57. The molecule has 0 radical (unpaired) electrons. The number of aromatic nitrogens is 4. The molecule has 3 aromatic heterocycles. The molecule has 0 aliphatic heterocycles. The third kappa shape index (κ3) is 2.61. The molecule has 0 spiro atoms. The molecule has 114 valence electrons. The molecule has 0 saturated carbocycles. The van der Waals surface area contributed by atoms with Gasteiger partial charge in [0.1, 0.15) is 5.69 Å². The monoisotopic (exact) mass is 304 g/mol. The third-order valence-electron chi connectivity index (χ3n) is 3.35. The highest BCUT2D eigenvalue weighted by Crippen LogP contribution is 2.29. The van der Waals surface area contributed by atoms with Crippen LogP contribution in [0.25, 0.3) is 22.7 Å². The highest BCUT2D eigenvalue weighted by molar-refractivity contribution is 5.77. The lowest BCUT2D eigenvalue weighted by Gasteiger charge is -2.08. The van der Waals surface area contributed by atoms with Crippen molar-refractivity contribution in [1.82, 2.24) is 19.9 Å². The van der Waals surface area contributed by atoms with E-state index < -0.39 is 6.61 Å².